The molecule has 0 radical (unpaired) electrons. The number of ether oxygens (including phenoxy) is 1. The van der Waals surface area contributed by atoms with E-state index in [0.29, 0.717) is 22.8 Å². The fourth-order valence-corrected chi connectivity index (χ4v) is 2.72. The lowest BCUT2D eigenvalue weighted by atomic mass is 10.2. The molecule has 0 heterocycles. The molecule has 1 atom stereocenters. The third kappa shape index (κ3) is 5.68. The first-order valence-electron chi connectivity index (χ1n) is 7.57. The van der Waals surface area contributed by atoms with E-state index in [1.807, 2.05) is 18.2 Å². The molecule has 2 rings (SSSR count). The summed E-state index contributed by atoms with van der Waals surface area (Å²) in [6.45, 7) is 1.71. The van der Waals surface area contributed by atoms with Gasteiger partial charge in [-0.15, -0.1) is 0 Å². The average Bonchev–Trinajstić information content (AvgIpc) is 2.54. The van der Waals surface area contributed by atoms with E-state index in [2.05, 4.69) is 15.4 Å². The fourth-order valence-electron chi connectivity index (χ4n) is 2.16. The molecular weight excluding hydrogens is 342 g/mol. The first-order chi connectivity index (χ1) is 11.8. The Morgan fingerprint density at radius 2 is 1.76 bits per heavy atom. The van der Waals surface area contributed by atoms with Crippen LogP contribution in [0.15, 0.2) is 48.5 Å². The molecule has 0 saturated carbocycles. The molecule has 7 nitrogen and oxygen atoms in total. The van der Waals surface area contributed by atoms with E-state index in [1.54, 1.807) is 37.3 Å². The van der Waals surface area contributed by atoms with Crippen molar-refractivity contribution in [3.63, 3.8) is 0 Å². The molecule has 0 aromatic heterocycles. The number of hydrogen-bond acceptors (Lipinski definition) is 5. The Morgan fingerprint density at radius 3 is 2.36 bits per heavy atom. The number of para-hydroxylation sites is 1. The summed E-state index contributed by atoms with van der Waals surface area (Å²) in [4.78, 5) is 12.2. The zero-order valence-electron chi connectivity index (χ0n) is 14.2. The maximum atomic E-state index is 12.2. The topological polar surface area (TPSA) is 96.5 Å². The Hall–Kier alpha value is -2.74. The summed E-state index contributed by atoms with van der Waals surface area (Å²) in [5.74, 6) is 0.178. The van der Waals surface area contributed by atoms with Crippen molar-refractivity contribution in [2.45, 2.75) is 13.0 Å². The third-order valence-electron chi connectivity index (χ3n) is 3.31. The molecule has 0 unspecified atom stereocenters. The van der Waals surface area contributed by atoms with Gasteiger partial charge in [-0.1, -0.05) is 18.2 Å². The Bertz CT molecular complexity index is 838. The van der Waals surface area contributed by atoms with Crippen LogP contribution in [0.2, 0.25) is 0 Å². The fraction of sp³-hybridized carbons (Fsp3) is 0.235. The summed E-state index contributed by atoms with van der Waals surface area (Å²) in [5, 5.41) is 5.84. The first-order valence-corrected chi connectivity index (χ1v) is 9.46. The van der Waals surface area contributed by atoms with Crippen molar-refractivity contribution in [1.82, 2.24) is 0 Å². The van der Waals surface area contributed by atoms with Gasteiger partial charge in [-0.05, 0) is 37.3 Å². The number of amides is 1. The number of rotatable bonds is 7. The van der Waals surface area contributed by atoms with Crippen LogP contribution >= 0.6 is 0 Å². The predicted octanol–water partition coefficient (Wildman–Crippen LogP) is 2.51. The Morgan fingerprint density at radius 1 is 1.08 bits per heavy atom. The third-order valence-corrected chi connectivity index (χ3v) is 3.90. The quantitative estimate of drug-likeness (QED) is 0.702. The molecule has 0 bridgehead atoms. The zero-order chi connectivity index (χ0) is 18.4. The predicted molar refractivity (Wildman–Crippen MR) is 99.6 cm³/mol. The highest BCUT2D eigenvalue weighted by atomic mass is 32.2. The molecule has 8 heteroatoms. The Labute approximate surface area is 147 Å². The van der Waals surface area contributed by atoms with Crippen LogP contribution in [0.1, 0.15) is 6.92 Å². The van der Waals surface area contributed by atoms with E-state index in [0.717, 1.165) is 6.26 Å². The van der Waals surface area contributed by atoms with Gasteiger partial charge in [0.1, 0.15) is 11.8 Å². The molecule has 2 aromatic carbocycles. The average molecular weight is 363 g/mol. The van der Waals surface area contributed by atoms with Crippen LogP contribution in [-0.2, 0) is 14.8 Å². The summed E-state index contributed by atoms with van der Waals surface area (Å²) in [6, 6.07) is 13.5. The number of carbonyl (C=O) groups is 1. The minimum Gasteiger partial charge on any atom is -0.495 e. The number of sulfonamides is 1. The highest BCUT2D eigenvalue weighted by Gasteiger charge is 2.15. The normalized spacial score (nSPS) is 12.1. The van der Waals surface area contributed by atoms with E-state index >= 15 is 0 Å². The van der Waals surface area contributed by atoms with Crippen LogP contribution in [0.25, 0.3) is 0 Å². The maximum absolute atomic E-state index is 12.2. The van der Waals surface area contributed by atoms with Crippen LogP contribution in [0.4, 0.5) is 17.1 Å². The number of nitrogens with one attached hydrogen (secondary N) is 3. The molecule has 1 amide bonds. The van der Waals surface area contributed by atoms with Crippen molar-refractivity contribution in [2.75, 3.05) is 28.7 Å². The number of hydrogen-bond donors (Lipinski definition) is 3. The van der Waals surface area contributed by atoms with E-state index in [4.69, 9.17) is 4.74 Å². The van der Waals surface area contributed by atoms with E-state index in [9.17, 15) is 13.2 Å². The first kappa shape index (κ1) is 18.6. The zero-order valence-corrected chi connectivity index (χ0v) is 15.1. The molecule has 0 aliphatic heterocycles. The number of anilines is 3. The lowest BCUT2D eigenvalue weighted by Gasteiger charge is -2.17. The van der Waals surface area contributed by atoms with Gasteiger partial charge in [0.05, 0.1) is 19.1 Å². The maximum Gasteiger partial charge on any atom is 0.246 e. The van der Waals surface area contributed by atoms with Crippen LogP contribution in [0, 0.1) is 0 Å². The van der Waals surface area contributed by atoms with Crippen LogP contribution in [-0.4, -0.2) is 33.7 Å². The van der Waals surface area contributed by atoms with Crippen LogP contribution in [0.5, 0.6) is 5.75 Å². The van der Waals surface area contributed by atoms with E-state index < -0.39 is 16.1 Å². The second kappa shape index (κ2) is 7.89. The van der Waals surface area contributed by atoms with Crippen molar-refractivity contribution in [3.8, 4) is 5.75 Å². The minimum atomic E-state index is -3.45. The van der Waals surface area contributed by atoms with Crippen LogP contribution in [0.3, 0.4) is 0 Å². The molecule has 0 aliphatic carbocycles. The van der Waals surface area contributed by atoms with E-state index in [1.165, 1.54) is 7.11 Å². The van der Waals surface area contributed by atoms with Crippen molar-refractivity contribution in [3.05, 3.63) is 48.5 Å². The van der Waals surface area contributed by atoms with Crippen molar-refractivity contribution in [2.24, 2.45) is 0 Å². The second-order valence-electron chi connectivity index (χ2n) is 5.51. The molecule has 134 valence electrons. The molecule has 0 fully saturated rings. The van der Waals surface area contributed by atoms with Gasteiger partial charge in [0.25, 0.3) is 0 Å². The van der Waals surface area contributed by atoms with Gasteiger partial charge >= 0.3 is 0 Å². The molecule has 2 aromatic rings. The molecule has 3 N–H and O–H groups in total. The van der Waals surface area contributed by atoms with Crippen molar-refractivity contribution >= 4 is 33.0 Å². The lowest BCUT2D eigenvalue weighted by Crippen LogP contribution is -2.31. The highest BCUT2D eigenvalue weighted by molar-refractivity contribution is 7.92. The van der Waals surface area contributed by atoms with Gasteiger partial charge in [-0.25, -0.2) is 8.42 Å². The number of benzene rings is 2. The van der Waals surface area contributed by atoms with Crippen molar-refractivity contribution in [1.29, 1.82) is 0 Å². The van der Waals surface area contributed by atoms with E-state index in [-0.39, 0.29) is 5.91 Å². The smallest absolute Gasteiger partial charge is 0.246 e. The molecular formula is C17H21N3O4S. The van der Waals surface area contributed by atoms with Crippen molar-refractivity contribution < 1.29 is 17.9 Å². The largest absolute Gasteiger partial charge is 0.495 e. The molecule has 0 saturated heterocycles. The summed E-state index contributed by atoms with van der Waals surface area (Å²) in [5.41, 5.74) is 1.59. The highest BCUT2D eigenvalue weighted by Crippen LogP contribution is 2.28. The van der Waals surface area contributed by atoms with Gasteiger partial charge in [-0.3, -0.25) is 9.52 Å². The monoisotopic (exact) mass is 363 g/mol. The van der Waals surface area contributed by atoms with Gasteiger partial charge in [-0.2, -0.15) is 0 Å². The number of carbonyl (C=O) groups excluding carboxylic acids is 1. The molecule has 25 heavy (non-hydrogen) atoms. The Balaban J connectivity index is 2.10. The molecule has 0 aliphatic rings. The summed E-state index contributed by atoms with van der Waals surface area (Å²) in [7, 11) is -2.00. The SMILES string of the molecule is COc1ccc(N[C@H](C)C(=O)Nc2ccccc2)cc1NS(C)(=O)=O. The van der Waals surface area contributed by atoms with Crippen LogP contribution < -0.4 is 20.1 Å². The van der Waals surface area contributed by atoms with Gasteiger partial charge in [0.15, 0.2) is 0 Å². The minimum absolute atomic E-state index is 0.209. The summed E-state index contributed by atoms with van der Waals surface area (Å²) >= 11 is 0. The number of methoxy groups -OCH3 is 1. The summed E-state index contributed by atoms with van der Waals surface area (Å²) in [6.07, 6.45) is 1.06. The van der Waals surface area contributed by atoms with Gasteiger partial charge in [0.2, 0.25) is 15.9 Å². The van der Waals surface area contributed by atoms with Gasteiger partial charge < -0.3 is 15.4 Å². The second-order valence-corrected chi connectivity index (χ2v) is 7.26. The Kier molecular flexibility index (Phi) is 5.87. The summed E-state index contributed by atoms with van der Waals surface area (Å²) < 4.78 is 30.5. The van der Waals surface area contributed by atoms with Gasteiger partial charge in [0, 0.05) is 11.4 Å². The standard InChI is InChI=1S/C17H21N3O4S/c1-12(17(21)19-13-7-5-4-6-8-13)18-14-9-10-16(24-2)15(11-14)20-25(3,22)23/h4-12,18,20H,1-3H3,(H,19,21)/t12-/m1/s1. The lowest BCUT2D eigenvalue weighted by molar-refractivity contribution is -0.116. The molecule has 0 spiro atoms.